The Hall–Kier alpha value is -2.87. The molecule has 7 nitrogen and oxygen atoms in total. The molecule has 8 heteroatoms. The van der Waals surface area contributed by atoms with Gasteiger partial charge in [0.25, 0.3) is 5.91 Å². The first kappa shape index (κ1) is 18.9. The van der Waals surface area contributed by atoms with Crippen LogP contribution >= 0.6 is 15.9 Å². The van der Waals surface area contributed by atoms with Crippen LogP contribution < -0.4 is 10.1 Å². The molecule has 0 spiro atoms. The Bertz CT molecular complexity index is 931. The number of benzene rings is 1. The van der Waals surface area contributed by atoms with Crippen LogP contribution in [0.15, 0.2) is 57.7 Å². The van der Waals surface area contributed by atoms with E-state index >= 15 is 0 Å². The van der Waals surface area contributed by atoms with Crippen molar-refractivity contribution in [2.45, 2.75) is 20.1 Å². The molecule has 140 valence electrons. The molecule has 27 heavy (non-hydrogen) atoms. The van der Waals surface area contributed by atoms with Gasteiger partial charge in [0, 0.05) is 18.3 Å². The molecule has 0 aliphatic carbocycles. The molecule has 0 aliphatic rings. The van der Waals surface area contributed by atoms with Crippen molar-refractivity contribution in [2.75, 3.05) is 6.54 Å². The lowest BCUT2D eigenvalue weighted by Gasteiger charge is -2.05. The average molecular weight is 432 g/mol. The molecular formula is C19H18BrN3O4. The largest absolute Gasteiger partial charge is 0.486 e. The van der Waals surface area contributed by atoms with Crippen LogP contribution in [-0.2, 0) is 13.2 Å². The molecule has 1 N–H and O–H groups in total. The summed E-state index contributed by atoms with van der Waals surface area (Å²) < 4.78 is 13.7. The zero-order chi connectivity index (χ0) is 19.2. The summed E-state index contributed by atoms with van der Waals surface area (Å²) >= 11 is 3.32. The van der Waals surface area contributed by atoms with E-state index in [0.717, 1.165) is 4.47 Å². The minimum Gasteiger partial charge on any atom is -0.486 e. The van der Waals surface area contributed by atoms with E-state index in [1.165, 1.54) is 6.92 Å². The molecule has 2 heterocycles. The maximum Gasteiger partial charge on any atom is 0.287 e. The normalized spacial score (nSPS) is 10.6. The summed E-state index contributed by atoms with van der Waals surface area (Å²) in [4.78, 5) is 23.4. The van der Waals surface area contributed by atoms with Crippen LogP contribution in [0.5, 0.6) is 5.75 Å². The van der Waals surface area contributed by atoms with Crippen LogP contribution in [0.1, 0.15) is 33.6 Å². The molecular weight excluding hydrogens is 414 g/mol. The molecule has 1 aromatic carbocycles. The summed E-state index contributed by atoms with van der Waals surface area (Å²) in [5, 5.41) is 6.90. The SMILES string of the molecule is CC(=O)c1ccc(OCc2ccc(C(=O)NCCn3cc(Br)cn3)o2)cc1. The lowest BCUT2D eigenvalue weighted by Crippen LogP contribution is -2.27. The molecule has 0 bridgehead atoms. The van der Waals surface area contributed by atoms with Gasteiger partial charge in [-0.2, -0.15) is 5.10 Å². The van der Waals surface area contributed by atoms with Crippen molar-refractivity contribution in [2.24, 2.45) is 0 Å². The van der Waals surface area contributed by atoms with Crippen molar-refractivity contribution >= 4 is 27.6 Å². The smallest absolute Gasteiger partial charge is 0.287 e. The summed E-state index contributed by atoms with van der Waals surface area (Å²) in [6.45, 7) is 2.69. The average Bonchev–Trinajstić information content (AvgIpc) is 3.29. The number of carbonyl (C=O) groups is 2. The first-order valence-corrected chi connectivity index (χ1v) is 9.09. The lowest BCUT2D eigenvalue weighted by molar-refractivity contribution is 0.0919. The van der Waals surface area contributed by atoms with E-state index in [4.69, 9.17) is 9.15 Å². The molecule has 3 rings (SSSR count). The maximum atomic E-state index is 12.1. The molecule has 3 aromatic rings. The second-order valence-corrected chi connectivity index (χ2v) is 6.73. The van der Waals surface area contributed by atoms with Crippen LogP contribution in [0.25, 0.3) is 0 Å². The van der Waals surface area contributed by atoms with E-state index in [1.54, 1.807) is 47.3 Å². The third kappa shape index (κ3) is 5.30. The van der Waals surface area contributed by atoms with Gasteiger partial charge in [-0.1, -0.05) is 0 Å². The standard InChI is InChI=1S/C19H18BrN3O4/c1-13(24)14-2-4-16(5-3-14)26-12-17-6-7-18(27-17)19(25)21-8-9-23-11-15(20)10-22-23/h2-7,10-11H,8-9,12H2,1H3,(H,21,25). The van der Waals surface area contributed by atoms with Crippen LogP contribution in [0.4, 0.5) is 0 Å². The number of Topliss-reactive ketones (excluding diaryl/α,β-unsaturated/α-hetero) is 1. The molecule has 0 atom stereocenters. The minimum atomic E-state index is -0.293. The first-order valence-electron chi connectivity index (χ1n) is 8.30. The fourth-order valence-electron chi connectivity index (χ4n) is 2.35. The maximum absolute atomic E-state index is 12.1. The van der Waals surface area contributed by atoms with E-state index in [0.29, 0.717) is 30.2 Å². The van der Waals surface area contributed by atoms with Crippen molar-refractivity contribution in [1.29, 1.82) is 0 Å². The van der Waals surface area contributed by atoms with Gasteiger partial charge in [-0.25, -0.2) is 0 Å². The van der Waals surface area contributed by atoms with Gasteiger partial charge in [-0.15, -0.1) is 0 Å². The molecule has 0 fully saturated rings. The zero-order valence-electron chi connectivity index (χ0n) is 14.6. The Kier molecular flexibility index (Phi) is 6.08. The number of ether oxygens (including phenoxy) is 1. The van der Waals surface area contributed by atoms with Crippen molar-refractivity contribution in [3.63, 3.8) is 0 Å². The molecule has 0 radical (unpaired) electrons. The van der Waals surface area contributed by atoms with E-state index < -0.39 is 0 Å². The number of nitrogens with zero attached hydrogens (tertiary/aromatic N) is 2. The topological polar surface area (TPSA) is 86.4 Å². The number of amides is 1. The quantitative estimate of drug-likeness (QED) is 0.551. The molecule has 0 saturated heterocycles. The van der Waals surface area contributed by atoms with Gasteiger partial charge < -0.3 is 14.5 Å². The number of hydrogen-bond donors (Lipinski definition) is 1. The fourth-order valence-corrected chi connectivity index (χ4v) is 2.68. The molecule has 0 saturated carbocycles. The zero-order valence-corrected chi connectivity index (χ0v) is 16.2. The Morgan fingerprint density at radius 2 is 2.00 bits per heavy atom. The highest BCUT2D eigenvalue weighted by atomic mass is 79.9. The Labute approximate surface area is 164 Å². The minimum absolute atomic E-state index is 0.00318. The van der Waals surface area contributed by atoms with Crippen LogP contribution in [-0.4, -0.2) is 28.0 Å². The Morgan fingerprint density at radius 3 is 2.67 bits per heavy atom. The third-order valence-corrected chi connectivity index (χ3v) is 4.17. The number of halogens is 1. The van der Waals surface area contributed by atoms with Gasteiger partial charge in [-0.3, -0.25) is 14.3 Å². The summed E-state index contributed by atoms with van der Waals surface area (Å²) in [5.74, 6) is 1.09. The highest BCUT2D eigenvalue weighted by Crippen LogP contribution is 2.16. The second kappa shape index (κ2) is 8.68. The first-order chi connectivity index (χ1) is 13.0. The molecule has 1 amide bonds. The van der Waals surface area contributed by atoms with Crippen LogP contribution in [0.2, 0.25) is 0 Å². The Morgan fingerprint density at radius 1 is 1.22 bits per heavy atom. The number of nitrogens with one attached hydrogen (secondary N) is 1. The van der Waals surface area contributed by atoms with Gasteiger partial charge >= 0.3 is 0 Å². The number of ketones is 1. The van der Waals surface area contributed by atoms with Crippen molar-refractivity contribution in [3.8, 4) is 5.75 Å². The van der Waals surface area contributed by atoms with Crippen LogP contribution in [0.3, 0.4) is 0 Å². The summed E-state index contributed by atoms with van der Waals surface area (Å²) in [6.07, 6.45) is 3.52. The highest BCUT2D eigenvalue weighted by molar-refractivity contribution is 9.10. The van der Waals surface area contributed by atoms with Crippen molar-refractivity contribution < 1.29 is 18.7 Å². The van der Waals surface area contributed by atoms with Crippen LogP contribution in [0, 0.1) is 0 Å². The summed E-state index contributed by atoms with van der Waals surface area (Å²) in [7, 11) is 0. The molecule has 0 aliphatic heterocycles. The number of rotatable bonds is 8. The molecule has 0 unspecified atom stereocenters. The van der Waals surface area contributed by atoms with E-state index in [2.05, 4.69) is 26.3 Å². The predicted octanol–water partition coefficient (Wildman–Crippen LogP) is 3.45. The second-order valence-electron chi connectivity index (χ2n) is 5.81. The summed E-state index contributed by atoms with van der Waals surface area (Å²) in [6, 6.07) is 10.2. The van der Waals surface area contributed by atoms with E-state index in [1.807, 2.05) is 6.20 Å². The van der Waals surface area contributed by atoms with E-state index in [9.17, 15) is 9.59 Å². The number of furan rings is 1. The predicted molar refractivity (Wildman–Crippen MR) is 102 cm³/mol. The third-order valence-electron chi connectivity index (χ3n) is 3.76. The van der Waals surface area contributed by atoms with Gasteiger partial charge in [-0.05, 0) is 59.3 Å². The van der Waals surface area contributed by atoms with Gasteiger partial charge in [0.1, 0.15) is 18.1 Å². The van der Waals surface area contributed by atoms with E-state index in [-0.39, 0.29) is 24.1 Å². The lowest BCUT2D eigenvalue weighted by atomic mass is 10.1. The van der Waals surface area contributed by atoms with Gasteiger partial charge in [0.2, 0.25) is 0 Å². The number of aromatic nitrogens is 2. The monoisotopic (exact) mass is 431 g/mol. The van der Waals surface area contributed by atoms with Crippen molar-refractivity contribution in [1.82, 2.24) is 15.1 Å². The van der Waals surface area contributed by atoms with Gasteiger partial charge in [0.05, 0.1) is 17.2 Å². The van der Waals surface area contributed by atoms with Crippen molar-refractivity contribution in [3.05, 3.63) is 70.3 Å². The number of hydrogen-bond acceptors (Lipinski definition) is 5. The fraction of sp³-hybridized carbons (Fsp3) is 0.211. The van der Waals surface area contributed by atoms with Gasteiger partial charge in [0.15, 0.2) is 11.5 Å². The summed E-state index contributed by atoms with van der Waals surface area (Å²) in [5.41, 5.74) is 0.627. The Balaban J connectivity index is 1.47. The molecule has 2 aromatic heterocycles. The number of carbonyl (C=O) groups excluding carboxylic acids is 2. The highest BCUT2D eigenvalue weighted by Gasteiger charge is 2.11.